The van der Waals surface area contributed by atoms with Crippen LogP contribution in [0.5, 0.6) is 0 Å². The number of hydrogen-bond acceptors (Lipinski definition) is 1. The molecule has 214 valence electrons. The Morgan fingerprint density at radius 1 is 0.600 bits per heavy atom. The molecule has 0 spiro atoms. The van der Waals surface area contributed by atoms with Crippen LogP contribution in [0, 0.1) is 6.92 Å². The summed E-state index contributed by atoms with van der Waals surface area (Å²) in [6.45, 7) is 6.21. The Labute approximate surface area is 274 Å². The van der Waals surface area contributed by atoms with E-state index in [1.807, 2.05) is 90.4 Å². The minimum Gasteiger partial charge on any atom is -0.297 e. The monoisotopic (exact) mass is 584 g/mol. The average Bonchev–Trinajstić information content (AvgIpc) is 3.62. The fourth-order valence-corrected chi connectivity index (χ4v) is 7.33. The van der Waals surface area contributed by atoms with E-state index in [4.69, 9.17) is 10.5 Å². The first kappa shape index (κ1) is 19.0. The zero-order valence-electron chi connectivity index (χ0n) is 33.1. The Morgan fingerprint density at radius 2 is 1.20 bits per heavy atom. The van der Waals surface area contributed by atoms with Crippen molar-refractivity contribution in [2.24, 2.45) is 0 Å². The first-order chi connectivity index (χ1) is 25.3. The number of benzene rings is 7. The Bertz CT molecular complexity index is 2840. The van der Waals surface area contributed by atoms with Crippen LogP contribution >= 0.6 is 0 Å². The summed E-state index contributed by atoms with van der Waals surface area (Å²) >= 11 is 0. The highest BCUT2D eigenvalue weighted by Gasteiger charge is 2.35. The molecule has 0 aliphatic heterocycles. The first-order valence-electron chi connectivity index (χ1n) is 19.1. The predicted molar refractivity (Wildman–Crippen MR) is 189 cm³/mol. The Morgan fingerprint density at radius 3 is 1.91 bits per heavy atom. The average molecular weight is 585 g/mol. The van der Waals surface area contributed by atoms with Crippen molar-refractivity contribution in [3.05, 3.63) is 156 Å². The second-order valence-electron chi connectivity index (χ2n) is 12.2. The fraction of sp³-hybridized carbons (Fsp3) is 0.0930. The number of para-hydroxylation sites is 2. The Balaban J connectivity index is 1.46. The van der Waals surface area contributed by atoms with Gasteiger partial charge in [-0.15, -0.1) is 0 Å². The van der Waals surface area contributed by atoms with E-state index in [0.29, 0.717) is 22.3 Å². The van der Waals surface area contributed by atoms with Crippen LogP contribution in [0.4, 0.5) is 0 Å². The summed E-state index contributed by atoms with van der Waals surface area (Å²) < 4.78 is 74.8. The highest BCUT2D eigenvalue weighted by atomic mass is 15.1. The highest BCUT2D eigenvalue weighted by molar-refractivity contribution is 6.21. The van der Waals surface area contributed by atoms with E-state index < -0.39 is 24.2 Å². The molecule has 45 heavy (non-hydrogen) atoms. The number of hydrogen-bond donors (Lipinski definition) is 0. The SMILES string of the molecule is [2H]c1c([2H])c([2H])c2c(-c3ccc4c(c3)C(C)(C)c3ccccc3-4)c3c([2H])c([2H])c([2H])c([2H])c3c(-c3cccc(-n4c(C)nc5ccccc54)c3)c2c1[2H]. The largest absolute Gasteiger partial charge is 0.297 e. The van der Waals surface area contributed by atoms with Gasteiger partial charge in [0.05, 0.1) is 22.0 Å². The molecule has 9 rings (SSSR count). The lowest BCUT2D eigenvalue weighted by Gasteiger charge is -2.23. The highest BCUT2D eigenvalue weighted by Crippen LogP contribution is 2.51. The molecule has 2 nitrogen and oxygen atoms in total. The number of imidazole rings is 1. The molecule has 0 amide bonds. The summed E-state index contributed by atoms with van der Waals surface area (Å²) in [5.74, 6) is 0.749. The van der Waals surface area contributed by atoms with E-state index in [1.54, 1.807) is 0 Å². The van der Waals surface area contributed by atoms with Crippen molar-refractivity contribution in [2.45, 2.75) is 26.2 Å². The van der Waals surface area contributed by atoms with Gasteiger partial charge in [0.2, 0.25) is 0 Å². The van der Waals surface area contributed by atoms with Gasteiger partial charge in [0, 0.05) is 11.1 Å². The van der Waals surface area contributed by atoms with Gasteiger partial charge in [-0.25, -0.2) is 4.98 Å². The molecule has 1 aliphatic carbocycles. The second kappa shape index (κ2) is 9.51. The number of rotatable bonds is 3. The van der Waals surface area contributed by atoms with Crippen LogP contribution in [0.25, 0.3) is 71.6 Å². The molecule has 0 bridgehead atoms. The lowest BCUT2D eigenvalue weighted by molar-refractivity contribution is 0.660. The van der Waals surface area contributed by atoms with Gasteiger partial charge in [0.15, 0.2) is 0 Å². The lowest BCUT2D eigenvalue weighted by Crippen LogP contribution is -2.14. The van der Waals surface area contributed by atoms with E-state index in [2.05, 4.69) is 26.0 Å². The molecule has 1 aliphatic rings. The summed E-state index contributed by atoms with van der Waals surface area (Å²) in [5.41, 5.74) is 8.26. The molecule has 0 atom stereocenters. The molecule has 0 saturated carbocycles. The maximum atomic E-state index is 9.39. The van der Waals surface area contributed by atoms with Crippen LogP contribution in [-0.2, 0) is 5.41 Å². The summed E-state index contributed by atoms with van der Waals surface area (Å²) in [6, 6.07) is 26.7. The molecule has 0 N–H and O–H groups in total. The number of nitrogens with zero attached hydrogens (tertiary/aromatic N) is 2. The third kappa shape index (κ3) is 3.72. The minimum absolute atomic E-state index is 0.191. The molecule has 1 heterocycles. The van der Waals surface area contributed by atoms with Crippen LogP contribution in [0.15, 0.2) is 139 Å². The van der Waals surface area contributed by atoms with Gasteiger partial charge < -0.3 is 0 Å². The second-order valence-corrected chi connectivity index (χ2v) is 12.2. The number of fused-ring (bicyclic) bond motifs is 6. The van der Waals surface area contributed by atoms with E-state index >= 15 is 0 Å². The number of aryl methyl sites for hydroxylation is 1. The molecular weight excluding hydrogens is 544 g/mol. The van der Waals surface area contributed by atoms with Crippen molar-refractivity contribution in [3.63, 3.8) is 0 Å². The van der Waals surface area contributed by atoms with Gasteiger partial charge in [-0.3, -0.25) is 4.57 Å². The predicted octanol–water partition coefficient (Wildman–Crippen LogP) is 11.3. The van der Waals surface area contributed by atoms with Crippen LogP contribution in [-0.4, -0.2) is 9.55 Å². The number of aromatic nitrogens is 2. The third-order valence-electron chi connectivity index (χ3n) is 9.37. The molecule has 7 aromatic carbocycles. The van der Waals surface area contributed by atoms with E-state index in [-0.39, 0.29) is 51.1 Å². The molecule has 8 aromatic rings. The zero-order valence-corrected chi connectivity index (χ0v) is 25.1. The smallest absolute Gasteiger partial charge is 0.111 e. The normalized spacial score (nSPS) is 15.9. The molecule has 2 heteroatoms. The van der Waals surface area contributed by atoms with Crippen molar-refractivity contribution in [2.75, 3.05) is 0 Å². The first-order valence-corrected chi connectivity index (χ1v) is 15.1. The van der Waals surface area contributed by atoms with Gasteiger partial charge in [-0.05, 0) is 103 Å². The minimum atomic E-state index is -0.423. The molecule has 0 fully saturated rings. The van der Waals surface area contributed by atoms with Crippen molar-refractivity contribution in [1.82, 2.24) is 9.55 Å². The lowest BCUT2D eigenvalue weighted by atomic mass is 9.80. The van der Waals surface area contributed by atoms with Gasteiger partial charge >= 0.3 is 0 Å². The molecule has 0 radical (unpaired) electrons. The molecular formula is C43H32N2. The van der Waals surface area contributed by atoms with Gasteiger partial charge in [-0.1, -0.05) is 123 Å². The van der Waals surface area contributed by atoms with E-state index in [0.717, 1.165) is 39.2 Å². The Kier molecular flexibility index (Phi) is 4.02. The van der Waals surface area contributed by atoms with Crippen molar-refractivity contribution in [1.29, 1.82) is 0 Å². The summed E-state index contributed by atoms with van der Waals surface area (Å²) in [4.78, 5) is 4.74. The van der Waals surface area contributed by atoms with Crippen LogP contribution in [0.1, 0.15) is 41.8 Å². The summed E-state index contributed by atoms with van der Waals surface area (Å²) in [5, 5.41) is 0.782. The van der Waals surface area contributed by atoms with Crippen LogP contribution < -0.4 is 0 Å². The molecule has 0 saturated heterocycles. The van der Waals surface area contributed by atoms with E-state index in [1.165, 1.54) is 5.56 Å². The summed E-state index contributed by atoms with van der Waals surface area (Å²) in [7, 11) is 0. The third-order valence-corrected chi connectivity index (χ3v) is 9.37. The fourth-order valence-electron chi connectivity index (χ4n) is 7.33. The van der Waals surface area contributed by atoms with Gasteiger partial charge in [-0.2, -0.15) is 0 Å². The van der Waals surface area contributed by atoms with Crippen LogP contribution in [0.3, 0.4) is 0 Å². The molecule has 1 aromatic heterocycles. The topological polar surface area (TPSA) is 17.8 Å². The maximum Gasteiger partial charge on any atom is 0.111 e. The van der Waals surface area contributed by atoms with E-state index in [9.17, 15) is 5.48 Å². The van der Waals surface area contributed by atoms with Crippen molar-refractivity contribution in [3.8, 4) is 39.1 Å². The van der Waals surface area contributed by atoms with Crippen molar-refractivity contribution < 1.29 is 11.0 Å². The standard InChI is InChI=1S/C43H32N2/c1-27-44-39-21-10-11-22-40(39)45(27)30-14-12-13-28(25-30)41-33-16-4-6-18-35(33)42(36-19-7-5-17-34(36)41)29-23-24-32-31-15-8-9-20-37(31)43(2,3)38(32)26-29/h4-26H,1-3H3/i4D,5D,6D,7D,16D,17D,18D,19D. The van der Waals surface area contributed by atoms with Crippen LogP contribution in [0.2, 0.25) is 0 Å². The van der Waals surface area contributed by atoms with Crippen molar-refractivity contribution >= 4 is 32.6 Å². The quantitative estimate of drug-likeness (QED) is 0.189. The Hall–Kier alpha value is -5.47. The van der Waals surface area contributed by atoms with Gasteiger partial charge in [0.1, 0.15) is 5.82 Å². The molecule has 0 unspecified atom stereocenters. The summed E-state index contributed by atoms with van der Waals surface area (Å²) in [6.07, 6.45) is 0. The maximum absolute atomic E-state index is 9.39. The zero-order chi connectivity index (χ0) is 37.2. The van der Waals surface area contributed by atoms with Gasteiger partial charge in [0.25, 0.3) is 0 Å².